The first kappa shape index (κ1) is 19.2. The van der Waals surface area contributed by atoms with Crippen molar-refractivity contribution in [3.8, 4) is 0 Å². The molecule has 0 saturated carbocycles. The first-order valence-corrected chi connectivity index (χ1v) is 9.19. The summed E-state index contributed by atoms with van der Waals surface area (Å²) in [5.74, 6) is 0.0227. The average molecular weight is 407 g/mol. The third kappa shape index (κ3) is 3.90. The molecular weight excluding hydrogens is 387 g/mol. The second kappa shape index (κ2) is 7.39. The lowest BCUT2D eigenvalue weighted by molar-refractivity contribution is -0.140. The SMILES string of the molecule is Cn1cc(NC(=O)c2ccc3ccc(N4CCCNCC4)nn23)c(C(F)(F)F)n1. The van der Waals surface area contributed by atoms with Crippen molar-refractivity contribution in [1.82, 2.24) is 24.7 Å². The van der Waals surface area contributed by atoms with Gasteiger partial charge in [0.05, 0.1) is 11.2 Å². The van der Waals surface area contributed by atoms with Gasteiger partial charge >= 0.3 is 6.18 Å². The number of fused-ring (bicyclic) bond motifs is 1. The summed E-state index contributed by atoms with van der Waals surface area (Å²) in [7, 11) is 1.36. The van der Waals surface area contributed by atoms with Crippen molar-refractivity contribution >= 4 is 22.9 Å². The molecule has 4 heterocycles. The molecule has 0 spiro atoms. The lowest BCUT2D eigenvalue weighted by Gasteiger charge is -2.21. The first-order chi connectivity index (χ1) is 13.8. The van der Waals surface area contributed by atoms with E-state index in [1.54, 1.807) is 6.07 Å². The number of hydrogen-bond donors (Lipinski definition) is 2. The topological polar surface area (TPSA) is 79.5 Å². The van der Waals surface area contributed by atoms with Crippen LogP contribution in [-0.2, 0) is 13.2 Å². The van der Waals surface area contributed by atoms with E-state index in [1.807, 2.05) is 12.1 Å². The Morgan fingerprint density at radius 2 is 1.93 bits per heavy atom. The van der Waals surface area contributed by atoms with Crippen LogP contribution in [0.25, 0.3) is 5.52 Å². The lowest BCUT2D eigenvalue weighted by atomic mass is 10.3. The van der Waals surface area contributed by atoms with Gasteiger partial charge in [-0.2, -0.15) is 18.3 Å². The smallest absolute Gasteiger partial charge is 0.354 e. The highest BCUT2D eigenvalue weighted by Crippen LogP contribution is 2.33. The van der Waals surface area contributed by atoms with Gasteiger partial charge in [0, 0.05) is 32.9 Å². The third-order valence-electron chi connectivity index (χ3n) is 4.73. The fourth-order valence-corrected chi connectivity index (χ4v) is 3.37. The Morgan fingerprint density at radius 1 is 1.14 bits per heavy atom. The van der Waals surface area contributed by atoms with E-state index in [2.05, 4.69) is 25.7 Å². The summed E-state index contributed by atoms with van der Waals surface area (Å²) >= 11 is 0. The molecule has 3 aromatic rings. The van der Waals surface area contributed by atoms with Crippen molar-refractivity contribution in [2.75, 3.05) is 36.4 Å². The number of amides is 1. The van der Waals surface area contributed by atoms with E-state index in [0.717, 1.165) is 43.5 Å². The minimum Gasteiger partial charge on any atom is -0.354 e. The van der Waals surface area contributed by atoms with Crippen LogP contribution < -0.4 is 15.5 Å². The number of halogens is 3. The molecule has 3 aromatic heterocycles. The second-order valence-electron chi connectivity index (χ2n) is 6.85. The van der Waals surface area contributed by atoms with E-state index in [0.29, 0.717) is 11.3 Å². The molecule has 29 heavy (non-hydrogen) atoms. The number of rotatable bonds is 3. The number of aromatic nitrogens is 4. The Kier molecular flexibility index (Phi) is 4.91. The average Bonchev–Trinajstić information content (AvgIpc) is 3.14. The Labute approximate surface area is 164 Å². The second-order valence-corrected chi connectivity index (χ2v) is 6.85. The molecule has 2 N–H and O–H groups in total. The van der Waals surface area contributed by atoms with Gasteiger partial charge in [0.25, 0.3) is 5.91 Å². The fourth-order valence-electron chi connectivity index (χ4n) is 3.37. The van der Waals surface area contributed by atoms with Crippen LogP contribution in [0, 0.1) is 0 Å². The summed E-state index contributed by atoms with van der Waals surface area (Å²) in [6.45, 7) is 3.38. The summed E-state index contributed by atoms with van der Waals surface area (Å²) in [5, 5.41) is 13.6. The maximum atomic E-state index is 13.1. The number of alkyl halides is 3. The van der Waals surface area contributed by atoms with Gasteiger partial charge in [0.1, 0.15) is 11.5 Å². The van der Waals surface area contributed by atoms with Gasteiger partial charge in [-0.1, -0.05) is 0 Å². The molecule has 1 saturated heterocycles. The molecule has 0 unspecified atom stereocenters. The fraction of sp³-hybridized carbons (Fsp3) is 0.389. The first-order valence-electron chi connectivity index (χ1n) is 9.19. The van der Waals surface area contributed by atoms with Crippen LogP contribution in [-0.4, -0.2) is 51.5 Å². The maximum absolute atomic E-state index is 13.1. The predicted molar refractivity (Wildman–Crippen MR) is 101 cm³/mol. The Bertz CT molecular complexity index is 1030. The van der Waals surface area contributed by atoms with Crippen LogP contribution in [0.15, 0.2) is 30.5 Å². The van der Waals surface area contributed by atoms with E-state index in [4.69, 9.17) is 0 Å². The van der Waals surface area contributed by atoms with E-state index >= 15 is 0 Å². The molecule has 1 fully saturated rings. The molecule has 154 valence electrons. The van der Waals surface area contributed by atoms with Gasteiger partial charge in [-0.3, -0.25) is 9.48 Å². The molecule has 0 atom stereocenters. The van der Waals surface area contributed by atoms with Gasteiger partial charge in [-0.15, -0.1) is 5.10 Å². The summed E-state index contributed by atoms with van der Waals surface area (Å²) < 4.78 is 41.9. The number of carbonyl (C=O) groups excluding carboxylic acids is 1. The molecule has 11 heteroatoms. The molecule has 1 aliphatic heterocycles. The molecule has 1 aliphatic rings. The predicted octanol–water partition coefficient (Wildman–Crippen LogP) is 2.14. The number of nitrogens with zero attached hydrogens (tertiary/aromatic N) is 5. The van der Waals surface area contributed by atoms with Crippen LogP contribution in [0.4, 0.5) is 24.7 Å². The maximum Gasteiger partial charge on any atom is 0.437 e. The minimum atomic E-state index is -4.67. The summed E-state index contributed by atoms with van der Waals surface area (Å²) in [4.78, 5) is 14.8. The molecule has 4 rings (SSSR count). The number of hydrogen-bond acceptors (Lipinski definition) is 5. The zero-order chi connectivity index (χ0) is 20.6. The van der Waals surface area contributed by atoms with Crippen LogP contribution in [0.5, 0.6) is 0 Å². The van der Waals surface area contributed by atoms with Crippen LogP contribution in [0.2, 0.25) is 0 Å². The zero-order valence-electron chi connectivity index (χ0n) is 15.7. The van der Waals surface area contributed by atoms with Crippen LogP contribution >= 0.6 is 0 Å². The van der Waals surface area contributed by atoms with Crippen molar-refractivity contribution in [2.45, 2.75) is 12.6 Å². The molecule has 1 amide bonds. The van der Waals surface area contributed by atoms with E-state index in [-0.39, 0.29) is 5.69 Å². The summed E-state index contributed by atoms with van der Waals surface area (Å²) in [6, 6.07) is 6.95. The van der Waals surface area contributed by atoms with Gasteiger partial charge in [-0.05, 0) is 37.2 Å². The van der Waals surface area contributed by atoms with Crippen molar-refractivity contribution in [3.05, 3.63) is 41.9 Å². The summed E-state index contributed by atoms with van der Waals surface area (Å²) in [5.41, 5.74) is -0.713. The van der Waals surface area contributed by atoms with E-state index in [1.165, 1.54) is 17.6 Å². The Morgan fingerprint density at radius 3 is 2.72 bits per heavy atom. The highest BCUT2D eigenvalue weighted by Gasteiger charge is 2.37. The molecule has 0 radical (unpaired) electrons. The number of aryl methyl sites for hydroxylation is 1. The van der Waals surface area contributed by atoms with Crippen LogP contribution in [0.3, 0.4) is 0 Å². The molecule has 0 aromatic carbocycles. The largest absolute Gasteiger partial charge is 0.437 e. The molecular formula is C18H20F3N7O. The quantitative estimate of drug-likeness (QED) is 0.696. The molecule has 8 nitrogen and oxygen atoms in total. The van der Waals surface area contributed by atoms with Crippen molar-refractivity contribution < 1.29 is 18.0 Å². The van der Waals surface area contributed by atoms with E-state index < -0.39 is 23.5 Å². The van der Waals surface area contributed by atoms with Crippen molar-refractivity contribution in [1.29, 1.82) is 0 Å². The highest BCUT2D eigenvalue weighted by atomic mass is 19.4. The van der Waals surface area contributed by atoms with Gasteiger partial charge in [0.15, 0.2) is 5.69 Å². The standard InChI is InChI=1S/C18H20F3N7O/c1-26-11-13(16(25-26)18(19,20)21)23-17(29)14-5-3-12-4-6-15(24-28(12)14)27-9-2-7-22-8-10-27/h3-6,11,22H,2,7-10H2,1H3,(H,23,29). The number of carbonyl (C=O) groups is 1. The van der Waals surface area contributed by atoms with E-state index in [9.17, 15) is 18.0 Å². The summed E-state index contributed by atoms with van der Waals surface area (Å²) in [6.07, 6.45) is -2.57. The van der Waals surface area contributed by atoms with Gasteiger partial charge < -0.3 is 15.5 Å². The lowest BCUT2D eigenvalue weighted by Crippen LogP contribution is -2.29. The van der Waals surface area contributed by atoms with Crippen molar-refractivity contribution in [3.63, 3.8) is 0 Å². The Hall–Kier alpha value is -3.08. The number of nitrogens with one attached hydrogen (secondary N) is 2. The number of anilines is 2. The van der Waals surface area contributed by atoms with Gasteiger partial charge in [0.2, 0.25) is 0 Å². The zero-order valence-corrected chi connectivity index (χ0v) is 15.7. The third-order valence-corrected chi connectivity index (χ3v) is 4.73. The molecule has 0 bridgehead atoms. The van der Waals surface area contributed by atoms with Gasteiger partial charge in [-0.25, -0.2) is 4.52 Å². The van der Waals surface area contributed by atoms with Crippen LogP contribution in [0.1, 0.15) is 22.6 Å². The van der Waals surface area contributed by atoms with Crippen molar-refractivity contribution in [2.24, 2.45) is 7.05 Å². The molecule has 0 aliphatic carbocycles. The minimum absolute atomic E-state index is 0.145. The monoisotopic (exact) mass is 407 g/mol. The Balaban J connectivity index is 1.64. The highest BCUT2D eigenvalue weighted by molar-refractivity contribution is 6.04. The normalized spacial score (nSPS) is 15.5.